The van der Waals surface area contributed by atoms with Crippen molar-refractivity contribution in [3.05, 3.63) is 29.3 Å². The van der Waals surface area contributed by atoms with E-state index < -0.39 is 0 Å². The van der Waals surface area contributed by atoms with E-state index >= 15 is 0 Å². The van der Waals surface area contributed by atoms with Gasteiger partial charge in [0.25, 0.3) is 0 Å². The number of nitrogens with zero attached hydrogens (tertiary/aromatic N) is 1. The van der Waals surface area contributed by atoms with Crippen molar-refractivity contribution in [3.8, 4) is 0 Å². The Morgan fingerprint density at radius 1 is 1.56 bits per heavy atom. The zero-order valence-corrected chi connectivity index (χ0v) is 11.2. The predicted octanol–water partition coefficient (Wildman–Crippen LogP) is 1.26. The molecule has 18 heavy (non-hydrogen) atoms. The Kier molecular flexibility index (Phi) is 4.63. The van der Waals surface area contributed by atoms with E-state index in [-0.39, 0.29) is 12.6 Å². The number of aliphatic hydroxyl groups excluding tert-OH is 1. The van der Waals surface area contributed by atoms with Crippen LogP contribution in [-0.4, -0.2) is 41.9 Å². The fourth-order valence-corrected chi connectivity index (χ4v) is 3.02. The Labute approximate surface area is 111 Å². The topological polar surface area (TPSA) is 49.8 Å². The molecule has 98 valence electrons. The summed E-state index contributed by atoms with van der Waals surface area (Å²) >= 11 is 1.79. The fourth-order valence-electron chi connectivity index (χ4n) is 1.98. The normalized spacial score (nSPS) is 15.9. The number of hydrogen-bond acceptors (Lipinski definition) is 5. The molecule has 0 bridgehead atoms. The number of thioether (sulfide) groups is 1. The number of esters is 1. The van der Waals surface area contributed by atoms with Crippen LogP contribution < -0.4 is 0 Å². The molecule has 5 heteroatoms. The average Bonchev–Trinajstić information content (AvgIpc) is 2.59. The highest BCUT2D eigenvalue weighted by atomic mass is 32.2. The molecule has 0 aromatic heterocycles. The summed E-state index contributed by atoms with van der Waals surface area (Å²) in [5, 5.41) is 9.16. The molecule has 0 amide bonds. The average molecular weight is 267 g/mol. The van der Waals surface area contributed by atoms with Crippen molar-refractivity contribution in [2.24, 2.45) is 0 Å². The van der Waals surface area contributed by atoms with E-state index in [9.17, 15) is 4.79 Å². The van der Waals surface area contributed by atoms with Crippen LogP contribution in [0.3, 0.4) is 0 Å². The summed E-state index contributed by atoms with van der Waals surface area (Å²) in [7, 11) is 1.41. The monoisotopic (exact) mass is 267 g/mol. The van der Waals surface area contributed by atoms with E-state index in [0.717, 1.165) is 24.4 Å². The van der Waals surface area contributed by atoms with Crippen LogP contribution in [0.4, 0.5) is 0 Å². The van der Waals surface area contributed by atoms with Gasteiger partial charge in [0.2, 0.25) is 0 Å². The summed E-state index contributed by atoms with van der Waals surface area (Å²) in [5.41, 5.74) is 2.09. The number of hydrogen-bond donors (Lipinski definition) is 1. The molecule has 0 atom stereocenters. The minimum atomic E-state index is -0.207. The quantitative estimate of drug-likeness (QED) is 0.836. The summed E-state index contributed by atoms with van der Waals surface area (Å²) in [5.74, 6) is 0.754. The van der Waals surface area contributed by atoms with Crippen LogP contribution in [0.25, 0.3) is 0 Å². The molecular weight excluding hydrogens is 250 g/mol. The minimum absolute atomic E-state index is 0.0505. The zero-order chi connectivity index (χ0) is 13.0. The van der Waals surface area contributed by atoms with Gasteiger partial charge in [0.15, 0.2) is 0 Å². The first-order valence-electron chi connectivity index (χ1n) is 5.87. The van der Waals surface area contributed by atoms with E-state index in [1.165, 1.54) is 17.6 Å². The second-order valence-corrected chi connectivity index (χ2v) is 5.37. The third-order valence-corrected chi connectivity index (χ3v) is 4.04. The van der Waals surface area contributed by atoms with Gasteiger partial charge in [0.1, 0.15) is 0 Å². The number of carbonyl (C=O) groups excluding carboxylic acids is 1. The molecular formula is C13H17NO3S. The summed E-state index contributed by atoms with van der Waals surface area (Å²) in [6, 6.07) is 6.01. The Balaban J connectivity index is 2.14. The van der Waals surface area contributed by atoms with Gasteiger partial charge in [-0.3, -0.25) is 9.69 Å². The van der Waals surface area contributed by atoms with Gasteiger partial charge in [-0.25, -0.2) is 0 Å². The van der Waals surface area contributed by atoms with E-state index in [4.69, 9.17) is 9.84 Å². The molecule has 0 unspecified atom stereocenters. The predicted molar refractivity (Wildman–Crippen MR) is 70.4 cm³/mol. The lowest BCUT2D eigenvalue weighted by molar-refractivity contribution is -0.142. The van der Waals surface area contributed by atoms with Crippen molar-refractivity contribution in [1.82, 2.24) is 4.90 Å². The smallest absolute Gasteiger partial charge is 0.319 e. The molecule has 0 aliphatic carbocycles. The van der Waals surface area contributed by atoms with Crippen molar-refractivity contribution >= 4 is 17.7 Å². The number of rotatable bonds is 3. The lowest BCUT2D eigenvalue weighted by Gasteiger charge is -2.18. The molecule has 0 radical (unpaired) electrons. The molecule has 2 rings (SSSR count). The first-order chi connectivity index (χ1) is 8.72. The van der Waals surface area contributed by atoms with E-state index in [2.05, 4.69) is 4.90 Å². The molecule has 1 heterocycles. The molecule has 0 fully saturated rings. The molecule has 0 spiro atoms. The number of aliphatic hydroxyl groups is 1. The van der Waals surface area contributed by atoms with Crippen LogP contribution in [0.2, 0.25) is 0 Å². The van der Waals surface area contributed by atoms with E-state index in [1.807, 2.05) is 18.2 Å². The zero-order valence-electron chi connectivity index (χ0n) is 10.4. The maximum absolute atomic E-state index is 11.3. The highest BCUT2D eigenvalue weighted by Crippen LogP contribution is 2.28. The molecule has 1 aliphatic heterocycles. The Morgan fingerprint density at radius 2 is 2.39 bits per heavy atom. The molecule has 0 saturated carbocycles. The van der Waals surface area contributed by atoms with Gasteiger partial charge >= 0.3 is 5.97 Å². The van der Waals surface area contributed by atoms with Gasteiger partial charge in [-0.05, 0) is 17.2 Å². The van der Waals surface area contributed by atoms with Gasteiger partial charge in [0.05, 0.1) is 20.3 Å². The van der Waals surface area contributed by atoms with Crippen molar-refractivity contribution in [2.45, 2.75) is 18.0 Å². The maximum atomic E-state index is 11.3. The molecule has 1 aromatic carbocycles. The van der Waals surface area contributed by atoms with E-state index in [1.54, 1.807) is 11.8 Å². The van der Waals surface area contributed by atoms with Gasteiger partial charge < -0.3 is 9.84 Å². The molecule has 4 nitrogen and oxygen atoms in total. The number of benzene rings is 1. The van der Waals surface area contributed by atoms with Gasteiger partial charge in [-0.15, -0.1) is 11.8 Å². The van der Waals surface area contributed by atoms with Crippen molar-refractivity contribution < 1.29 is 14.6 Å². The van der Waals surface area contributed by atoms with Crippen LogP contribution >= 0.6 is 11.8 Å². The van der Waals surface area contributed by atoms with Crippen molar-refractivity contribution in [2.75, 3.05) is 26.0 Å². The van der Waals surface area contributed by atoms with Crippen LogP contribution in [0.5, 0.6) is 0 Å². The number of ether oxygens (including phenoxy) is 1. The van der Waals surface area contributed by atoms with Crippen molar-refractivity contribution in [3.63, 3.8) is 0 Å². The maximum Gasteiger partial charge on any atom is 0.319 e. The highest BCUT2D eigenvalue weighted by molar-refractivity contribution is 7.99. The van der Waals surface area contributed by atoms with Gasteiger partial charge in [-0.2, -0.15) is 0 Å². The van der Waals surface area contributed by atoms with Crippen LogP contribution in [0.15, 0.2) is 23.1 Å². The molecule has 1 aromatic rings. The van der Waals surface area contributed by atoms with Gasteiger partial charge in [-0.1, -0.05) is 12.1 Å². The van der Waals surface area contributed by atoms with Gasteiger partial charge in [0, 0.05) is 23.7 Å². The fraction of sp³-hybridized carbons (Fsp3) is 0.462. The first-order valence-corrected chi connectivity index (χ1v) is 6.86. The summed E-state index contributed by atoms with van der Waals surface area (Å²) in [6.45, 7) is 1.96. The second kappa shape index (κ2) is 6.22. The van der Waals surface area contributed by atoms with E-state index in [0.29, 0.717) is 6.54 Å². The minimum Gasteiger partial charge on any atom is -0.468 e. The van der Waals surface area contributed by atoms with Crippen LogP contribution in [0.1, 0.15) is 11.1 Å². The second-order valence-electron chi connectivity index (χ2n) is 4.24. The largest absolute Gasteiger partial charge is 0.468 e. The Hall–Kier alpha value is -1.04. The molecule has 1 N–H and O–H groups in total. The molecule has 1 aliphatic rings. The molecule has 0 saturated heterocycles. The SMILES string of the molecule is COC(=O)CN1CCSc2ccc(CO)cc2C1. The number of carbonyl (C=O) groups is 1. The van der Waals surface area contributed by atoms with Crippen LogP contribution in [0, 0.1) is 0 Å². The summed E-state index contributed by atoms with van der Waals surface area (Å²) in [4.78, 5) is 14.6. The lowest BCUT2D eigenvalue weighted by Crippen LogP contribution is -2.31. The third-order valence-electron chi connectivity index (χ3n) is 2.95. The van der Waals surface area contributed by atoms with Crippen molar-refractivity contribution in [1.29, 1.82) is 0 Å². The number of fused-ring (bicyclic) bond motifs is 1. The lowest BCUT2D eigenvalue weighted by atomic mass is 10.1. The standard InChI is InChI=1S/C13H17NO3S/c1-17-13(16)8-14-4-5-18-12-3-2-10(9-15)6-11(12)7-14/h2-3,6,15H,4-5,7-9H2,1H3. The Morgan fingerprint density at radius 3 is 3.11 bits per heavy atom. The van der Waals surface area contributed by atoms with Crippen LogP contribution in [-0.2, 0) is 22.7 Å². The summed E-state index contributed by atoms with van der Waals surface area (Å²) < 4.78 is 4.70. The first kappa shape index (κ1) is 13.4. The third kappa shape index (κ3) is 3.25. The summed E-state index contributed by atoms with van der Waals surface area (Å²) in [6.07, 6.45) is 0. The Bertz CT molecular complexity index is 436. The number of methoxy groups -OCH3 is 1. The highest BCUT2D eigenvalue weighted by Gasteiger charge is 2.17.